The number of H-pyrrole nitrogens is 1. The molecule has 3 aromatic heterocycles. The number of aromatic amines is 1. The molecule has 0 atom stereocenters. The maximum absolute atomic E-state index is 11.3. The number of imidazole rings is 1. The molecule has 190 valence electrons. The van der Waals surface area contributed by atoms with E-state index in [1.165, 1.54) is 0 Å². The standard InChI is InChI=1S/C25H24BrClN8O2/c1-2-3-8-20-30-23(27)18(12-29-25(28)36)35(20)13-14-9-10-19-17(11-14)21(26)22(37-19)15-6-4-5-7-16(15)24-31-33-34-32-24/h4-7,9-11H,2-3,8,12-13H2,1H3,(H3,28,29,36)(H,31,32,33,34). The van der Waals surface area contributed by atoms with E-state index in [0.29, 0.717) is 29.0 Å². The molecular formula is C25H24BrClN8O2. The Balaban J connectivity index is 1.53. The Kier molecular flexibility index (Phi) is 7.24. The van der Waals surface area contributed by atoms with E-state index in [9.17, 15) is 4.79 Å². The summed E-state index contributed by atoms with van der Waals surface area (Å²) >= 11 is 10.2. The van der Waals surface area contributed by atoms with Crippen LogP contribution in [0, 0.1) is 0 Å². The van der Waals surface area contributed by atoms with Gasteiger partial charge in [-0.1, -0.05) is 55.3 Å². The van der Waals surface area contributed by atoms with Crippen LogP contribution >= 0.6 is 27.5 Å². The van der Waals surface area contributed by atoms with E-state index in [4.69, 9.17) is 21.8 Å². The number of carbonyl (C=O) groups excluding carboxylic acids is 1. The van der Waals surface area contributed by atoms with Crippen LogP contribution in [0.4, 0.5) is 4.79 Å². The number of primary amides is 1. The molecule has 37 heavy (non-hydrogen) atoms. The molecule has 2 aromatic carbocycles. The minimum absolute atomic E-state index is 0.196. The van der Waals surface area contributed by atoms with Gasteiger partial charge in [-0.05, 0) is 45.3 Å². The fourth-order valence-electron chi connectivity index (χ4n) is 4.28. The minimum Gasteiger partial charge on any atom is -0.455 e. The number of benzene rings is 2. The molecule has 10 nitrogen and oxygen atoms in total. The summed E-state index contributed by atoms with van der Waals surface area (Å²) < 4.78 is 9.14. The molecular weight excluding hydrogens is 560 g/mol. The van der Waals surface area contributed by atoms with Crippen LogP contribution in [0.3, 0.4) is 0 Å². The maximum Gasteiger partial charge on any atom is 0.312 e. The average Bonchev–Trinajstić information content (AvgIpc) is 3.61. The number of hydrogen-bond acceptors (Lipinski definition) is 6. The van der Waals surface area contributed by atoms with Crippen LogP contribution in [0.2, 0.25) is 5.15 Å². The van der Waals surface area contributed by atoms with Gasteiger partial charge in [-0.3, -0.25) is 0 Å². The predicted molar refractivity (Wildman–Crippen MR) is 144 cm³/mol. The first-order valence-electron chi connectivity index (χ1n) is 11.8. The first kappa shape index (κ1) is 25.0. The second-order valence-electron chi connectivity index (χ2n) is 8.53. The largest absolute Gasteiger partial charge is 0.455 e. The molecule has 12 heteroatoms. The Morgan fingerprint density at radius 1 is 1.24 bits per heavy atom. The number of amides is 2. The number of nitrogens with zero attached hydrogens (tertiary/aromatic N) is 5. The van der Waals surface area contributed by atoms with Crippen LogP contribution in [0.5, 0.6) is 0 Å². The number of aromatic nitrogens is 6. The van der Waals surface area contributed by atoms with Gasteiger partial charge in [0.15, 0.2) is 5.15 Å². The van der Waals surface area contributed by atoms with Gasteiger partial charge in [-0.2, -0.15) is 5.21 Å². The Bertz CT molecular complexity index is 1560. The second kappa shape index (κ2) is 10.7. The number of nitrogens with one attached hydrogen (secondary N) is 2. The summed E-state index contributed by atoms with van der Waals surface area (Å²) in [7, 11) is 0. The first-order valence-corrected chi connectivity index (χ1v) is 12.9. The van der Waals surface area contributed by atoms with E-state index in [1.54, 1.807) is 0 Å². The Labute approximate surface area is 225 Å². The Morgan fingerprint density at radius 2 is 2.05 bits per heavy atom. The van der Waals surface area contributed by atoms with Crippen molar-refractivity contribution in [2.45, 2.75) is 39.3 Å². The van der Waals surface area contributed by atoms with Crippen molar-refractivity contribution in [3.8, 4) is 22.7 Å². The van der Waals surface area contributed by atoms with Crippen LogP contribution in [0.15, 0.2) is 51.4 Å². The lowest BCUT2D eigenvalue weighted by Crippen LogP contribution is -2.29. The molecule has 0 aliphatic carbocycles. The summed E-state index contributed by atoms with van der Waals surface area (Å²) in [4.78, 5) is 15.9. The van der Waals surface area contributed by atoms with E-state index in [1.807, 2.05) is 36.4 Å². The van der Waals surface area contributed by atoms with E-state index in [2.05, 4.69) is 64.4 Å². The molecule has 5 aromatic rings. The third-order valence-corrected chi connectivity index (χ3v) is 7.17. The van der Waals surface area contributed by atoms with Crippen molar-refractivity contribution >= 4 is 44.5 Å². The monoisotopic (exact) mass is 582 g/mol. The van der Waals surface area contributed by atoms with Crippen LogP contribution in [0.25, 0.3) is 33.7 Å². The molecule has 0 bridgehead atoms. The summed E-state index contributed by atoms with van der Waals surface area (Å²) in [6.45, 7) is 2.85. The van der Waals surface area contributed by atoms with Crippen molar-refractivity contribution in [3.63, 3.8) is 0 Å². The minimum atomic E-state index is -0.615. The molecule has 0 fully saturated rings. The third kappa shape index (κ3) is 5.09. The highest BCUT2D eigenvalue weighted by molar-refractivity contribution is 9.10. The molecule has 5 rings (SSSR count). The number of urea groups is 1. The predicted octanol–water partition coefficient (Wildman–Crippen LogP) is 5.45. The Morgan fingerprint density at radius 3 is 2.78 bits per heavy atom. The van der Waals surface area contributed by atoms with Gasteiger partial charge in [0.05, 0.1) is 16.7 Å². The van der Waals surface area contributed by atoms with Crippen LogP contribution in [-0.2, 0) is 19.5 Å². The number of nitrogens with two attached hydrogens (primary N) is 1. The topological polar surface area (TPSA) is 141 Å². The normalized spacial score (nSPS) is 11.3. The number of halogens is 2. The van der Waals surface area contributed by atoms with Crippen molar-refractivity contribution < 1.29 is 9.21 Å². The van der Waals surface area contributed by atoms with E-state index >= 15 is 0 Å². The number of carbonyl (C=O) groups is 1. The van der Waals surface area contributed by atoms with Gasteiger partial charge in [0.2, 0.25) is 5.82 Å². The number of fused-ring (bicyclic) bond motifs is 1. The maximum atomic E-state index is 11.3. The molecule has 0 saturated carbocycles. The van der Waals surface area contributed by atoms with Gasteiger partial charge in [-0.25, -0.2) is 9.78 Å². The fraction of sp³-hybridized carbons (Fsp3) is 0.240. The summed E-state index contributed by atoms with van der Waals surface area (Å²) in [5, 5.41) is 18.3. The molecule has 4 N–H and O–H groups in total. The van der Waals surface area contributed by atoms with Gasteiger partial charge < -0.3 is 20.0 Å². The van der Waals surface area contributed by atoms with Gasteiger partial charge in [0.25, 0.3) is 0 Å². The van der Waals surface area contributed by atoms with Gasteiger partial charge >= 0.3 is 6.03 Å². The second-order valence-corrected chi connectivity index (χ2v) is 9.68. The van der Waals surface area contributed by atoms with E-state index in [-0.39, 0.29) is 6.54 Å². The van der Waals surface area contributed by atoms with E-state index in [0.717, 1.165) is 57.2 Å². The number of rotatable bonds is 9. The fourth-order valence-corrected chi connectivity index (χ4v) is 5.15. The highest BCUT2D eigenvalue weighted by Gasteiger charge is 2.21. The van der Waals surface area contributed by atoms with Crippen LogP contribution in [0.1, 0.15) is 36.8 Å². The van der Waals surface area contributed by atoms with E-state index < -0.39 is 6.03 Å². The molecule has 0 saturated heterocycles. The molecule has 2 amide bonds. The lowest BCUT2D eigenvalue weighted by Gasteiger charge is -2.13. The zero-order valence-corrected chi connectivity index (χ0v) is 22.3. The summed E-state index contributed by atoms with van der Waals surface area (Å²) in [5.74, 6) is 2.03. The van der Waals surface area contributed by atoms with Crippen LogP contribution < -0.4 is 11.1 Å². The summed E-state index contributed by atoms with van der Waals surface area (Å²) in [6, 6.07) is 13.2. The molecule has 0 unspecified atom stereocenters. The van der Waals surface area contributed by atoms with Crippen molar-refractivity contribution in [1.82, 2.24) is 35.5 Å². The molecule has 0 radical (unpaired) electrons. The molecule has 0 aliphatic rings. The van der Waals surface area contributed by atoms with Crippen molar-refractivity contribution in [2.75, 3.05) is 0 Å². The van der Waals surface area contributed by atoms with Gasteiger partial charge in [0, 0.05) is 29.5 Å². The highest BCUT2D eigenvalue weighted by Crippen LogP contribution is 2.41. The summed E-state index contributed by atoms with van der Waals surface area (Å²) in [6.07, 6.45) is 2.79. The van der Waals surface area contributed by atoms with Crippen LogP contribution in [-0.4, -0.2) is 36.2 Å². The number of unbranched alkanes of at least 4 members (excludes halogenated alkanes) is 1. The SMILES string of the molecule is CCCCc1nc(Cl)c(CNC(N)=O)n1Cc1ccc2oc(-c3ccccc3-c3nn[nH]n3)c(Br)c2c1. The zero-order chi connectivity index (χ0) is 25.9. The third-order valence-electron chi connectivity index (χ3n) is 6.08. The number of furan rings is 1. The number of hydrogen-bond donors (Lipinski definition) is 3. The van der Waals surface area contributed by atoms with Gasteiger partial charge in [-0.15, -0.1) is 10.2 Å². The number of aryl methyl sites for hydroxylation is 1. The number of tetrazole rings is 1. The quantitative estimate of drug-likeness (QED) is 0.211. The van der Waals surface area contributed by atoms with Crippen molar-refractivity contribution in [2.24, 2.45) is 5.73 Å². The molecule has 0 spiro atoms. The highest BCUT2D eigenvalue weighted by atomic mass is 79.9. The lowest BCUT2D eigenvalue weighted by molar-refractivity contribution is 0.248. The first-order chi connectivity index (χ1) is 18.0. The smallest absolute Gasteiger partial charge is 0.312 e. The Hall–Kier alpha value is -3.70. The van der Waals surface area contributed by atoms with Crippen molar-refractivity contribution in [1.29, 1.82) is 0 Å². The lowest BCUT2D eigenvalue weighted by atomic mass is 10.0. The zero-order valence-electron chi connectivity index (χ0n) is 20.0. The average molecular weight is 584 g/mol. The molecule has 0 aliphatic heterocycles. The van der Waals surface area contributed by atoms with Crippen molar-refractivity contribution in [3.05, 3.63) is 69.2 Å². The van der Waals surface area contributed by atoms with Gasteiger partial charge in [0.1, 0.15) is 17.2 Å². The summed E-state index contributed by atoms with van der Waals surface area (Å²) in [5.41, 5.74) is 9.42. The molecule has 3 heterocycles.